The maximum Gasteiger partial charge on any atom is 0.407 e. The molecule has 7 heteroatoms. The molecule has 1 aliphatic rings. The topological polar surface area (TPSA) is 82.1 Å². The van der Waals surface area contributed by atoms with Gasteiger partial charge in [0.2, 0.25) is 0 Å². The largest absolute Gasteiger partial charge is 0.465 e. The van der Waals surface area contributed by atoms with Gasteiger partial charge in [-0.15, -0.1) is 11.3 Å². The number of piperidine rings is 1. The molecular formula is C12H14N4O2S. The van der Waals surface area contributed by atoms with E-state index in [2.05, 4.69) is 15.2 Å². The summed E-state index contributed by atoms with van der Waals surface area (Å²) in [5.74, 6) is 1.87. The van der Waals surface area contributed by atoms with Crippen LogP contribution in [0.15, 0.2) is 17.5 Å². The van der Waals surface area contributed by atoms with E-state index in [0.29, 0.717) is 13.1 Å². The number of likely N-dealkylation sites (tertiary alicyclic amines) is 1. The van der Waals surface area contributed by atoms with Gasteiger partial charge in [-0.2, -0.15) is 5.10 Å². The standard InChI is InChI=1S/C12H14N4O2S/c17-12(18)16-5-3-8(4-6-16)10-13-11(15-14-10)9-2-1-7-19-9/h1-2,7-8H,3-6H2,(H,17,18)(H,13,14,15). The van der Waals surface area contributed by atoms with Crippen molar-refractivity contribution in [3.8, 4) is 10.7 Å². The number of H-pyrrole nitrogens is 1. The molecule has 2 aromatic rings. The summed E-state index contributed by atoms with van der Waals surface area (Å²) < 4.78 is 0. The second-order valence-electron chi connectivity index (χ2n) is 4.57. The van der Waals surface area contributed by atoms with Crippen LogP contribution in [0.3, 0.4) is 0 Å². The average Bonchev–Trinajstić information content (AvgIpc) is 3.10. The van der Waals surface area contributed by atoms with Crippen LogP contribution in [0.2, 0.25) is 0 Å². The van der Waals surface area contributed by atoms with Crippen LogP contribution in [0.1, 0.15) is 24.6 Å². The molecule has 0 saturated carbocycles. The molecule has 0 aromatic carbocycles. The molecule has 3 rings (SSSR count). The van der Waals surface area contributed by atoms with Crippen LogP contribution < -0.4 is 0 Å². The van der Waals surface area contributed by atoms with Gasteiger partial charge in [-0.05, 0) is 24.3 Å². The number of hydrogen-bond acceptors (Lipinski definition) is 4. The Labute approximate surface area is 114 Å². The number of carbonyl (C=O) groups is 1. The number of aromatic nitrogens is 3. The van der Waals surface area contributed by atoms with Crippen LogP contribution in [-0.4, -0.2) is 44.4 Å². The molecule has 0 aliphatic carbocycles. The van der Waals surface area contributed by atoms with E-state index in [9.17, 15) is 4.79 Å². The number of thiophene rings is 1. The number of nitrogens with one attached hydrogen (secondary N) is 1. The molecule has 0 radical (unpaired) electrons. The third kappa shape index (κ3) is 2.46. The lowest BCUT2D eigenvalue weighted by Gasteiger charge is -2.28. The van der Waals surface area contributed by atoms with Crippen LogP contribution in [0.5, 0.6) is 0 Å². The Hall–Kier alpha value is -1.89. The fourth-order valence-electron chi connectivity index (χ4n) is 2.32. The highest BCUT2D eigenvalue weighted by Crippen LogP contribution is 2.28. The molecule has 19 heavy (non-hydrogen) atoms. The third-order valence-electron chi connectivity index (χ3n) is 3.40. The molecular weight excluding hydrogens is 264 g/mol. The normalized spacial score (nSPS) is 16.7. The number of amides is 1. The quantitative estimate of drug-likeness (QED) is 0.883. The Balaban J connectivity index is 1.69. The monoisotopic (exact) mass is 278 g/mol. The summed E-state index contributed by atoms with van der Waals surface area (Å²) in [6.45, 7) is 1.13. The van der Waals surface area contributed by atoms with Gasteiger partial charge in [-0.1, -0.05) is 6.07 Å². The van der Waals surface area contributed by atoms with Crippen molar-refractivity contribution < 1.29 is 9.90 Å². The van der Waals surface area contributed by atoms with Crippen molar-refractivity contribution in [2.24, 2.45) is 0 Å². The minimum atomic E-state index is -0.838. The van der Waals surface area contributed by atoms with Gasteiger partial charge in [0.15, 0.2) is 5.82 Å². The molecule has 0 bridgehead atoms. The van der Waals surface area contributed by atoms with E-state index in [1.54, 1.807) is 11.3 Å². The van der Waals surface area contributed by atoms with Crippen LogP contribution in [0.4, 0.5) is 4.79 Å². The highest BCUT2D eigenvalue weighted by molar-refractivity contribution is 7.13. The highest BCUT2D eigenvalue weighted by Gasteiger charge is 2.25. The van der Waals surface area contributed by atoms with Crippen molar-refractivity contribution in [2.75, 3.05) is 13.1 Å². The van der Waals surface area contributed by atoms with Crippen molar-refractivity contribution in [1.29, 1.82) is 0 Å². The molecule has 2 aromatic heterocycles. The minimum Gasteiger partial charge on any atom is -0.465 e. The summed E-state index contributed by atoms with van der Waals surface area (Å²) in [5, 5.41) is 18.1. The first kappa shape index (κ1) is 12.2. The fourth-order valence-corrected chi connectivity index (χ4v) is 2.97. The van der Waals surface area contributed by atoms with E-state index < -0.39 is 6.09 Å². The number of aromatic amines is 1. The summed E-state index contributed by atoms with van der Waals surface area (Å²) in [6, 6.07) is 3.96. The second kappa shape index (κ2) is 5.00. The predicted molar refractivity (Wildman–Crippen MR) is 71.3 cm³/mol. The van der Waals surface area contributed by atoms with E-state index in [4.69, 9.17) is 5.11 Å². The lowest BCUT2D eigenvalue weighted by molar-refractivity contribution is 0.131. The van der Waals surface area contributed by atoms with Gasteiger partial charge in [0.25, 0.3) is 0 Å². The SMILES string of the molecule is O=C(O)N1CCC(c2nc(-c3cccs3)n[nH]2)CC1. The highest BCUT2D eigenvalue weighted by atomic mass is 32.1. The first-order valence-electron chi connectivity index (χ1n) is 6.18. The molecule has 0 unspecified atom stereocenters. The summed E-state index contributed by atoms with van der Waals surface area (Å²) in [5.41, 5.74) is 0. The minimum absolute atomic E-state index is 0.275. The first-order valence-corrected chi connectivity index (χ1v) is 7.06. The summed E-state index contributed by atoms with van der Waals surface area (Å²) >= 11 is 1.61. The molecule has 1 aliphatic heterocycles. The average molecular weight is 278 g/mol. The molecule has 0 spiro atoms. The zero-order valence-electron chi connectivity index (χ0n) is 10.2. The number of hydrogen-bond donors (Lipinski definition) is 2. The van der Waals surface area contributed by atoms with Crippen LogP contribution in [0, 0.1) is 0 Å². The van der Waals surface area contributed by atoms with Gasteiger partial charge in [0.05, 0.1) is 4.88 Å². The van der Waals surface area contributed by atoms with E-state index in [0.717, 1.165) is 29.4 Å². The van der Waals surface area contributed by atoms with Crippen LogP contribution in [0.25, 0.3) is 10.7 Å². The number of carboxylic acid groups (broad SMARTS) is 1. The van der Waals surface area contributed by atoms with Crippen LogP contribution >= 0.6 is 11.3 Å². The van der Waals surface area contributed by atoms with E-state index in [-0.39, 0.29) is 5.92 Å². The molecule has 1 amide bonds. The predicted octanol–water partition coefficient (Wildman–Crippen LogP) is 2.39. The molecule has 0 atom stereocenters. The molecule has 100 valence electrons. The van der Waals surface area contributed by atoms with Crippen molar-refractivity contribution in [1.82, 2.24) is 20.1 Å². The van der Waals surface area contributed by atoms with E-state index >= 15 is 0 Å². The number of rotatable bonds is 2. The number of nitrogens with zero attached hydrogens (tertiary/aromatic N) is 3. The van der Waals surface area contributed by atoms with Gasteiger partial charge >= 0.3 is 6.09 Å². The zero-order chi connectivity index (χ0) is 13.2. The molecule has 3 heterocycles. The van der Waals surface area contributed by atoms with Crippen molar-refractivity contribution >= 4 is 17.4 Å². The Morgan fingerprint density at radius 2 is 2.26 bits per heavy atom. The summed E-state index contributed by atoms with van der Waals surface area (Å²) in [6.07, 6.45) is 0.756. The maximum absolute atomic E-state index is 10.8. The Bertz CT molecular complexity index is 558. The molecule has 1 fully saturated rings. The summed E-state index contributed by atoms with van der Waals surface area (Å²) in [7, 11) is 0. The summed E-state index contributed by atoms with van der Waals surface area (Å²) in [4.78, 5) is 17.9. The molecule has 2 N–H and O–H groups in total. The van der Waals surface area contributed by atoms with Gasteiger partial charge in [-0.3, -0.25) is 5.10 Å². The molecule has 6 nitrogen and oxygen atoms in total. The maximum atomic E-state index is 10.8. The van der Waals surface area contributed by atoms with Crippen LogP contribution in [-0.2, 0) is 0 Å². The Kier molecular flexibility index (Phi) is 3.20. The van der Waals surface area contributed by atoms with Gasteiger partial charge < -0.3 is 10.0 Å². The van der Waals surface area contributed by atoms with Crippen molar-refractivity contribution in [3.63, 3.8) is 0 Å². The second-order valence-corrected chi connectivity index (χ2v) is 5.51. The first-order chi connectivity index (χ1) is 9.24. The van der Waals surface area contributed by atoms with Gasteiger partial charge in [0, 0.05) is 19.0 Å². The fraction of sp³-hybridized carbons (Fsp3) is 0.417. The molecule has 1 saturated heterocycles. The Morgan fingerprint density at radius 1 is 1.47 bits per heavy atom. The lowest BCUT2D eigenvalue weighted by atomic mass is 9.96. The van der Waals surface area contributed by atoms with Crippen molar-refractivity contribution in [3.05, 3.63) is 23.3 Å². The lowest BCUT2D eigenvalue weighted by Crippen LogP contribution is -2.37. The van der Waals surface area contributed by atoms with Gasteiger partial charge in [0.1, 0.15) is 5.82 Å². The van der Waals surface area contributed by atoms with E-state index in [1.807, 2.05) is 17.5 Å². The Morgan fingerprint density at radius 3 is 2.89 bits per heavy atom. The van der Waals surface area contributed by atoms with Crippen molar-refractivity contribution in [2.45, 2.75) is 18.8 Å². The van der Waals surface area contributed by atoms with Gasteiger partial charge in [-0.25, -0.2) is 9.78 Å². The smallest absolute Gasteiger partial charge is 0.407 e. The zero-order valence-corrected chi connectivity index (χ0v) is 11.1. The third-order valence-corrected chi connectivity index (χ3v) is 4.26. The van der Waals surface area contributed by atoms with E-state index in [1.165, 1.54) is 4.90 Å².